The molecule has 0 aliphatic heterocycles. The number of thioether (sulfide) groups is 1. The van der Waals surface area contributed by atoms with Gasteiger partial charge in [-0.05, 0) is 13.2 Å². The van der Waals surface area contributed by atoms with E-state index in [0.29, 0.717) is 0 Å². The molecule has 13 heavy (non-hydrogen) atoms. The number of hydrogen-bond donors (Lipinski definition) is 1. The average molecular weight is 193 g/mol. The number of terminal acetylenes is 1. The van der Waals surface area contributed by atoms with Gasteiger partial charge in [0, 0.05) is 6.07 Å². The maximum atomic E-state index is 5.23. The SMILES string of the molecule is C#CC(C)Nc1cc(SC)ncn1. The Kier molecular flexibility index (Phi) is 3.59. The molecule has 0 radical (unpaired) electrons. The van der Waals surface area contributed by atoms with Gasteiger partial charge >= 0.3 is 0 Å². The Bertz CT molecular complexity index is 319. The van der Waals surface area contributed by atoms with Crippen molar-refractivity contribution in [3.8, 4) is 12.3 Å². The minimum absolute atomic E-state index is 0.00962. The van der Waals surface area contributed by atoms with Crippen LogP contribution in [0.2, 0.25) is 0 Å². The molecule has 0 aliphatic carbocycles. The van der Waals surface area contributed by atoms with E-state index < -0.39 is 0 Å². The van der Waals surface area contributed by atoms with Gasteiger partial charge in [0.15, 0.2) is 0 Å². The monoisotopic (exact) mass is 193 g/mol. The lowest BCUT2D eigenvalue weighted by Crippen LogP contribution is -2.13. The lowest BCUT2D eigenvalue weighted by Gasteiger charge is -2.07. The molecule has 1 rings (SSSR count). The van der Waals surface area contributed by atoms with Gasteiger partial charge in [-0.25, -0.2) is 9.97 Å². The fraction of sp³-hybridized carbons (Fsp3) is 0.333. The van der Waals surface area contributed by atoms with E-state index in [9.17, 15) is 0 Å². The molecule has 0 aromatic carbocycles. The predicted octanol–water partition coefficient (Wildman–Crippen LogP) is 1.63. The quantitative estimate of drug-likeness (QED) is 0.450. The molecule has 0 saturated heterocycles. The fourth-order valence-electron chi connectivity index (χ4n) is 0.794. The van der Waals surface area contributed by atoms with E-state index in [-0.39, 0.29) is 6.04 Å². The molecule has 1 atom stereocenters. The normalized spacial score (nSPS) is 11.8. The van der Waals surface area contributed by atoms with Crippen LogP contribution in [0.5, 0.6) is 0 Å². The Hall–Kier alpha value is -1.21. The lowest BCUT2D eigenvalue weighted by molar-refractivity contribution is 0.978. The Morgan fingerprint density at radius 1 is 1.62 bits per heavy atom. The molecule has 0 spiro atoms. The number of rotatable bonds is 3. The zero-order valence-corrected chi connectivity index (χ0v) is 8.43. The molecule has 1 heterocycles. The standard InChI is InChI=1S/C9H11N3S/c1-4-7(2)12-8-5-9(13-3)11-6-10-8/h1,5-7H,2-3H3,(H,10,11,12). The van der Waals surface area contributed by atoms with Crippen LogP contribution in [0.25, 0.3) is 0 Å². The molecule has 0 aliphatic rings. The highest BCUT2D eigenvalue weighted by molar-refractivity contribution is 7.98. The second-order valence-electron chi connectivity index (χ2n) is 2.48. The summed E-state index contributed by atoms with van der Waals surface area (Å²) in [5.41, 5.74) is 0. The van der Waals surface area contributed by atoms with Crippen molar-refractivity contribution in [3.05, 3.63) is 12.4 Å². The van der Waals surface area contributed by atoms with E-state index >= 15 is 0 Å². The van der Waals surface area contributed by atoms with Crippen LogP contribution in [0, 0.1) is 12.3 Å². The van der Waals surface area contributed by atoms with Gasteiger partial charge in [-0.3, -0.25) is 0 Å². The highest BCUT2D eigenvalue weighted by Gasteiger charge is 1.99. The van der Waals surface area contributed by atoms with Crippen molar-refractivity contribution in [1.82, 2.24) is 9.97 Å². The van der Waals surface area contributed by atoms with Gasteiger partial charge in [0.25, 0.3) is 0 Å². The summed E-state index contributed by atoms with van der Waals surface area (Å²) < 4.78 is 0. The zero-order chi connectivity index (χ0) is 9.68. The first-order chi connectivity index (χ1) is 6.26. The minimum Gasteiger partial charge on any atom is -0.357 e. The van der Waals surface area contributed by atoms with Gasteiger partial charge in [-0.1, -0.05) is 5.92 Å². The molecule has 1 N–H and O–H groups in total. The van der Waals surface area contributed by atoms with Gasteiger partial charge in [0.05, 0.1) is 6.04 Å². The Morgan fingerprint density at radius 3 is 3.00 bits per heavy atom. The second-order valence-corrected chi connectivity index (χ2v) is 3.30. The van der Waals surface area contributed by atoms with Crippen LogP contribution in [0.1, 0.15) is 6.92 Å². The smallest absolute Gasteiger partial charge is 0.131 e. The summed E-state index contributed by atoms with van der Waals surface area (Å²) in [5.74, 6) is 3.34. The van der Waals surface area contributed by atoms with E-state index in [2.05, 4.69) is 21.2 Å². The average Bonchev–Trinajstić information content (AvgIpc) is 2.18. The Labute approximate surface area is 82.4 Å². The van der Waals surface area contributed by atoms with Crippen LogP contribution in [0.15, 0.2) is 17.4 Å². The number of anilines is 1. The van der Waals surface area contributed by atoms with Crippen molar-refractivity contribution in [2.75, 3.05) is 11.6 Å². The van der Waals surface area contributed by atoms with Crippen LogP contribution >= 0.6 is 11.8 Å². The van der Waals surface area contributed by atoms with Gasteiger partial charge < -0.3 is 5.32 Å². The van der Waals surface area contributed by atoms with Gasteiger partial charge in [-0.15, -0.1) is 18.2 Å². The van der Waals surface area contributed by atoms with E-state index in [4.69, 9.17) is 6.42 Å². The lowest BCUT2D eigenvalue weighted by atomic mass is 10.3. The van der Waals surface area contributed by atoms with Gasteiger partial charge in [0.1, 0.15) is 17.2 Å². The molecule has 4 heteroatoms. The Balaban J connectivity index is 2.73. The molecule has 0 fully saturated rings. The third-order valence-electron chi connectivity index (χ3n) is 1.47. The first-order valence-electron chi connectivity index (χ1n) is 3.85. The predicted molar refractivity (Wildman–Crippen MR) is 55.7 cm³/mol. The molecule has 1 aromatic rings. The first-order valence-corrected chi connectivity index (χ1v) is 5.07. The van der Waals surface area contributed by atoms with Crippen LogP contribution in [-0.4, -0.2) is 22.3 Å². The van der Waals surface area contributed by atoms with Crippen LogP contribution in [0.3, 0.4) is 0 Å². The molecule has 68 valence electrons. The maximum Gasteiger partial charge on any atom is 0.131 e. The molecular formula is C9H11N3S. The fourth-order valence-corrected chi connectivity index (χ4v) is 1.18. The summed E-state index contributed by atoms with van der Waals surface area (Å²) in [6.45, 7) is 1.90. The maximum absolute atomic E-state index is 5.23. The van der Waals surface area contributed by atoms with Gasteiger partial charge in [-0.2, -0.15) is 0 Å². The molecular weight excluding hydrogens is 182 g/mol. The molecule has 1 aromatic heterocycles. The highest BCUT2D eigenvalue weighted by Crippen LogP contribution is 2.13. The van der Waals surface area contributed by atoms with Crippen molar-refractivity contribution >= 4 is 17.6 Å². The van der Waals surface area contributed by atoms with Crippen molar-refractivity contribution < 1.29 is 0 Å². The van der Waals surface area contributed by atoms with Crippen molar-refractivity contribution in [2.24, 2.45) is 0 Å². The van der Waals surface area contributed by atoms with E-state index in [1.54, 1.807) is 11.8 Å². The zero-order valence-electron chi connectivity index (χ0n) is 7.61. The third kappa shape index (κ3) is 2.96. The molecule has 0 bridgehead atoms. The van der Waals surface area contributed by atoms with Crippen molar-refractivity contribution in [3.63, 3.8) is 0 Å². The molecule has 1 unspecified atom stereocenters. The topological polar surface area (TPSA) is 37.8 Å². The number of nitrogens with zero attached hydrogens (tertiary/aromatic N) is 2. The summed E-state index contributed by atoms with van der Waals surface area (Å²) in [7, 11) is 0. The summed E-state index contributed by atoms with van der Waals surface area (Å²) in [4.78, 5) is 8.10. The Morgan fingerprint density at radius 2 is 2.38 bits per heavy atom. The summed E-state index contributed by atoms with van der Waals surface area (Å²) >= 11 is 1.57. The van der Waals surface area contributed by atoms with Crippen molar-refractivity contribution in [2.45, 2.75) is 18.0 Å². The minimum atomic E-state index is -0.00962. The third-order valence-corrected chi connectivity index (χ3v) is 2.11. The summed E-state index contributed by atoms with van der Waals surface area (Å²) in [6, 6.07) is 1.86. The van der Waals surface area contributed by atoms with Crippen LogP contribution in [0.4, 0.5) is 5.82 Å². The van der Waals surface area contributed by atoms with Gasteiger partial charge in [0.2, 0.25) is 0 Å². The summed E-state index contributed by atoms with van der Waals surface area (Å²) in [6.07, 6.45) is 8.72. The highest BCUT2D eigenvalue weighted by atomic mass is 32.2. The first kappa shape index (κ1) is 9.87. The summed E-state index contributed by atoms with van der Waals surface area (Å²) in [5, 5.41) is 4.00. The van der Waals surface area contributed by atoms with Crippen LogP contribution < -0.4 is 5.32 Å². The number of aromatic nitrogens is 2. The number of hydrogen-bond acceptors (Lipinski definition) is 4. The largest absolute Gasteiger partial charge is 0.357 e. The van der Waals surface area contributed by atoms with E-state index in [1.165, 1.54) is 6.33 Å². The second kappa shape index (κ2) is 4.73. The molecule has 0 saturated carbocycles. The molecule has 3 nitrogen and oxygen atoms in total. The van der Waals surface area contributed by atoms with Crippen molar-refractivity contribution in [1.29, 1.82) is 0 Å². The van der Waals surface area contributed by atoms with E-state index in [1.807, 2.05) is 19.2 Å². The van der Waals surface area contributed by atoms with Crippen LogP contribution in [-0.2, 0) is 0 Å². The van der Waals surface area contributed by atoms with E-state index in [0.717, 1.165) is 10.8 Å². The number of nitrogens with one attached hydrogen (secondary N) is 1. The molecule has 0 amide bonds.